The third-order valence-electron chi connectivity index (χ3n) is 5.29. The summed E-state index contributed by atoms with van der Waals surface area (Å²) >= 11 is 3.35. The Morgan fingerprint density at radius 2 is 1.33 bits per heavy atom. The highest BCUT2D eigenvalue weighted by Gasteiger charge is 2.16. The quantitative estimate of drug-likeness (QED) is 0.115. The van der Waals surface area contributed by atoms with Crippen LogP contribution < -0.4 is 19.6 Å². The molecule has 0 aromatic heterocycles. The Kier molecular flexibility index (Phi) is 9.20. The topological polar surface area (TPSA) is 103 Å². The number of esters is 2. The monoisotopic (exact) mass is 586 g/mol. The second kappa shape index (κ2) is 13.2. The summed E-state index contributed by atoms with van der Waals surface area (Å²) in [6, 6.07) is 28.5. The molecule has 0 aliphatic carbocycles. The first-order chi connectivity index (χ1) is 18.9. The average Bonchev–Trinajstić information content (AvgIpc) is 2.96. The number of ether oxygens (including phenoxy) is 3. The van der Waals surface area contributed by atoms with E-state index >= 15 is 0 Å². The van der Waals surface area contributed by atoms with Gasteiger partial charge in [0.2, 0.25) is 0 Å². The summed E-state index contributed by atoms with van der Waals surface area (Å²) in [6.45, 7) is 1.59. The lowest BCUT2D eigenvalue weighted by molar-refractivity contribution is -0.127. The van der Waals surface area contributed by atoms with Crippen LogP contribution in [0.2, 0.25) is 0 Å². The van der Waals surface area contributed by atoms with E-state index in [1.54, 1.807) is 97.9 Å². The summed E-state index contributed by atoms with van der Waals surface area (Å²) in [6.07, 6.45) is 0.499. The summed E-state index contributed by atoms with van der Waals surface area (Å²) in [5.41, 5.74) is 3.48. The number of rotatable bonds is 9. The molecule has 0 spiro atoms. The van der Waals surface area contributed by atoms with Crippen LogP contribution in [0.3, 0.4) is 0 Å². The van der Waals surface area contributed by atoms with Crippen LogP contribution in [0.4, 0.5) is 0 Å². The smallest absolute Gasteiger partial charge is 0.343 e. The maximum Gasteiger partial charge on any atom is 0.343 e. The van der Waals surface area contributed by atoms with Gasteiger partial charge in [-0.2, -0.15) is 5.10 Å². The van der Waals surface area contributed by atoms with E-state index < -0.39 is 23.9 Å². The van der Waals surface area contributed by atoms with Crippen molar-refractivity contribution < 1.29 is 28.6 Å². The number of amides is 1. The predicted molar refractivity (Wildman–Crippen MR) is 149 cm³/mol. The standard InChI is InChI=1S/C30H23BrN2O6/c1-20(37-25-16-13-24(31)14-17-25)28(34)33-32-19-23-12-15-26(38-29(35)21-8-4-2-5-9-21)18-27(23)39-30(36)22-10-6-3-7-11-22/h2-20H,1H3,(H,33,34). The normalized spacial score (nSPS) is 11.4. The molecule has 1 unspecified atom stereocenters. The van der Waals surface area contributed by atoms with Crippen LogP contribution in [0.1, 0.15) is 33.2 Å². The number of nitrogens with one attached hydrogen (secondary N) is 1. The molecule has 196 valence electrons. The summed E-state index contributed by atoms with van der Waals surface area (Å²) in [5.74, 6) is -0.885. The Hall–Kier alpha value is -4.76. The maximum absolute atomic E-state index is 12.7. The lowest BCUT2D eigenvalue weighted by Crippen LogP contribution is -2.33. The molecule has 39 heavy (non-hydrogen) atoms. The zero-order chi connectivity index (χ0) is 27.6. The number of hydrogen-bond donors (Lipinski definition) is 1. The highest BCUT2D eigenvalue weighted by molar-refractivity contribution is 9.10. The van der Waals surface area contributed by atoms with E-state index in [2.05, 4.69) is 26.5 Å². The average molecular weight is 587 g/mol. The molecular weight excluding hydrogens is 564 g/mol. The Morgan fingerprint density at radius 1 is 0.769 bits per heavy atom. The van der Waals surface area contributed by atoms with E-state index in [1.807, 2.05) is 0 Å². The Balaban J connectivity index is 1.49. The fourth-order valence-corrected chi connectivity index (χ4v) is 3.54. The second-order valence-corrected chi connectivity index (χ2v) is 9.07. The van der Waals surface area contributed by atoms with E-state index in [4.69, 9.17) is 14.2 Å². The first-order valence-corrected chi connectivity index (χ1v) is 12.6. The molecule has 9 heteroatoms. The minimum Gasteiger partial charge on any atom is -0.481 e. The molecule has 4 aromatic rings. The van der Waals surface area contributed by atoms with Gasteiger partial charge in [0.05, 0.1) is 17.3 Å². The van der Waals surface area contributed by atoms with E-state index in [0.717, 1.165) is 4.47 Å². The van der Waals surface area contributed by atoms with Crippen molar-refractivity contribution in [2.75, 3.05) is 0 Å². The van der Waals surface area contributed by atoms with Gasteiger partial charge in [-0.05, 0) is 67.6 Å². The molecule has 4 rings (SSSR count). The zero-order valence-corrected chi connectivity index (χ0v) is 22.3. The molecule has 0 aliphatic rings. The van der Waals surface area contributed by atoms with Crippen LogP contribution in [0, 0.1) is 0 Å². The van der Waals surface area contributed by atoms with Crippen molar-refractivity contribution in [2.24, 2.45) is 5.10 Å². The minimum atomic E-state index is -0.821. The highest BCUT2D eigenvalue weighted by Crippen LogP contribution is 2.26. The molecule has 0 saturated carbocycles. The largest absolute Gasteiger partial charge is 0.481 e. The molecule has 0 fully saturated rings. The molecule has 0 heterocycles. The molecule has 1 atom stereocenters. The lowest BCUT2D eigenvalue weighted by Gasteiger charge is -2.13. The summed E-state index contributed by atoms with van der Waals surface area (Å²) in [5, 5.41) is 3.99. The molecular formula is C30H23BrN2O6. The van der Waals surface area contributed by atoms with Gasteiger partial charge in [-0.25, -0.2) is 15.0 Å². The molecule has 0 radical (unpaired) electrons. The van der Waals surface area contributed by atoms with Gasteiger partial charge in [-0.15, -0.1) is 0 Å². The summed E-state index contributed by atoms with van der Waals surface area (Å²) < 4.78 is 17.6. The number of hydrogen-bond acceptors (Lipinski definition) is 7. The van der Waals surface area contributed by atoms with Crippen LogP contribution in [0.25, 0.3) is 0 Å². The molecule has 1 N–H and O–H groups in total. The van der Waals surface area contributed by atoms with Gasteiger partial charge in [0.15, 0.2) is 6.10 Å². The van der Waals surface area contributed by atoms with Crippen molar-refractivity contribution in [3.05, 3.63) is 124 Å². The van der Waals surface area contributed by atoms with Crippen molar-refractivity contribution in [1.29, 1.82) is 0 Å². The Labute approximate surface area is 233 Å². The van der Waals surface area contributed by atoms with E-state index in [0.29, 0.717) is 22.4 Å². The first kappa shape index (κ1) is 27.3. The van der Waals surface area contributed by atoms with Gasteiger partial charge in [0.1, 0.15) is 17.2 Å². The third-order valence-corrected chi connectivity index (χ3v) is 5.82. The predicted octanol–water partition coefficient (Wildman–Crippen LogP) is 5.81. The van der Waals surface area contributed by atoms with Gasteiger partial charge >= 0.3 is 11.9 Å². The van der Waals surface area contributed by atoms with Gasteiger partial charge in [-0.1, -0.05) is 52.3 Å². The lowest BCUT2D eigenvalue weighted by atomic mass is 10.2. The maximum atomic E-state index is 12.7. The van der Waals surface area contributed by atoms with Gasteiger partial charge < -0.3 is 14.2 Å². The second-order valence-electron chi connectivity index (χ2n) is 8.16. The van der Waals surface area contributed by atoms with E-state index in [9.17, 15) is 14.4 Å². The van der Waals surface area contributed by atoms with Gasteiger partial charge in [-0.3, -0.25) is 4.79 Å². The molecule has 0 bridgehead atoms. The highest BCUT2D eigenvalue weighted by atomic mass is 79.9. The number of hydrazone groups is 1. The van der Waals surface area contributed by atoms with Crippen LogP contribution in [-0.4, -0.2) is 30.2 Å². The van der Waals surface area contributed by atoms with Crippen LogP contribution >= 0.6 is 15.9 Å². The number of nitrogens with zero attached hydrogens (tertiary/aromatic N) is 1. The number of carbonyl (C=O) groups excluding carboxylic acids is 3. The van der Waals surface area contributed by atoms with Crippen LogP contribution in [0.5, 0.6) is 17.2 Å². The molecule has 4 aromatic carbocycles. The van der Waals surface area contributed by atoms with Crippen LogP contribution in [-0.2, 0) is 4.79 Å². The van der Waals surface area contributed by atoms with Crippen molar-refractivity contribution in [3.63, 3.8) is 0 Å². The number of carbonyl (C=O) groups is 3. The molecule has 0 saturated heterocycles. The number of benzene rings is 4. The molecule has 8 nitrogen and oxygen atoms in total. The van der Waals surface area contributed by atoms with E-state index in [1.165, 1.54) is 18.3 Å². The summed E-state index contributed by atoms with van der Waals surface area (Å²) in [7, 11) is 0. The van der Waals surface area contributed by atoms with Crippen molar-refractivity contribution in [1.82, 2.24) is 5.43 Å². The third kappa shape index (κ3) is 7.86. The van der Waals surface area contributed by atoms with Crippen molar-refractivity contribution in [3.8, 4) is 17.2 Å². The molecule has 1 amide bonds. The fraction of sp³-hybridized carbons (Fsp3) is 0.0667. The summed E-state index contributed by atoms with van der Waals surface area (Å²) in [4.78, 5) is 37.7. The zero-order valence-electron chi connectivity index (χ0n) is 20.7. The first-order valence-electron chi connectivity index (χ1n) is 11.8. The minimum absolute atomic E-state index is 0.0828. The van der Waals surface area contributed by atoms with Crippen molar-refractivity contribution in [2.45, 2.75) is 13.0 Å². The van der Waals surface area contributed by atoms with E-state index in [-0.39, 0.29) is 11.5 Å². The number of halogens is 1. The Morgan fingerprint density at radius 3 is 1.95 bits per heavy atom. The fourth-order valence-electron chi connectivity index (χ4n) is 3.27. The van der Waals surface area contributed by atoms with Crippen molar-refractivity contribution >= 4 is 40.0 Å². The van der Waals surface area contributed by atoms with Gasteiger partial charge in [0.25, 0.3) is 5.91 Å². The van der Waals surface area contributed by atoms with Gasteiger partial charge in [0, 0.05) is 16.1 Å². The van der Waals surface area contributed by atoms with Crippen LogP contribution in [0.15, 0.2) is 113 Å². The molecule has 0 aliphatic heterocycles. The Bertz CT molecular complexity index is 1470. The SMILES string of the molecule is CC(Oc1ccc(Br)cc1)C(=O)NN=Cc1ccc(OC(=O)c2ccccc2)cc1OC(=O)c1ccccc1.